The standard InChI is InChI=1S/C16H14ClNO/c1-11-5-4-8-18-15(11)9-14(17)13-10-19-16-7-3-2-6-12(13)16/h2-8,10,14H,9H2,1H3. The van der Waals surface area contributed by atoms with Gasteiger partial charge >= 0.3 is 0 Å². The third-order valence-electron chi connectivity index (χ3n) is 3.34. The minimum atomic E-state index is -0.128. The number of furan rings is 1. The number of hydrogen-bond donors (Lipinski definition) is 0. The van der Waals surface area contributed by atoms with Gasteiger partial charge in [0.05, 0.1) is 11.6 Å². The maximum Gasteiger partial charge on any atom is 0.134 e. The maximum absolute atomic E-state index is 6.53. The highest BCUT2D eigenvalue weighted by molar-refractivity contribution is 6.21. The number of rotatable bonds is 3. The fraction of sp³-hybridized carbons (Fsp3) is 0.188. The van der Waals surface area contributed by atoms with E-state index in [0.29, 0.717) is 6.42 Å². The zero-order chi connectivity index (χ0) is 13.2. The number of para-hydroxylation sites is 1. The summed E-state index contributed by atoms with van der Waals surface area (Å²) in [6, 6.07) is 11.9. The molecule has 1 unspecified atom stereocenters. The second-order valence-electron chi connectivity index (χ2n) is 4.63. The number of benzene rings is 1. The highest BCUT2D eigenvalue weighted by Gasteiger charge is 2.16. The maximum atomic E-state index is 6.53. The minimum Gasteiger partial charge on any atom is -0.464 e. The Morgan fingerprint density at radius 1 is 1.21 bits per heavy atom. The average molecular weight is 272 g/mol. The van der Waals surface area contributed by atoms with E-state index in [2.05, 4.69) is 18.0 Å². The quantitative estimate of drug-likeness (QED) is 0.648. The Bertz CT molecular complexity index is 705. The van der Waals surface area contributed by atoms with Crippen molar-refractivity contribution in [1.29, 1.82) is 0 Å². The lowest BCUT2D eigenvalue weighted by Gasteiger charge is -2.09. The summed E-state index contributed by atoms with van der Waals surface area (Å²) in [7, 11) is 0. The van der Waals surface area contributed by atoms with Crippen molar-refractivity contribution in [2.24, 2.45) is 0 Å². The summed E-state index contributed by atoms with van der Waals surface area (Å²) in [5, 5.41) is 0.952. The molecule has 0 amide bonds. The van der Waals surface area contributed by atoms with Gasteiger partial charge in [-0.25, -0.2) is 0 Å². The first-order valence-electron chi connectivity index (χ1n) is 6.26. The fourth-order valence-corrected chi connectivity index (χ4v) is 2.57. The van der Waals surface area contributed by atoms with Crippen molar-refractivity contribution in [3.63, 3.8) is 0 Å². The molecule has 2 aromatic heterocycles. The van der Waals surface area contributed by atoms with Crippen LogP contribution < -0.4 is 0 Å². The van der Waals surface area contributed by atoms with Gasteiger partial charge in [-0.05, 0) is 24.6 Å². The summed E-state index contributed by atoms with van der Waals surface area (Å²) >= 11 is 6.53. The number of alkyl halides is 1. The first kappa shape index (κ1) is 12.2. The van der Waals surface area contributed by atoms with Gasteiger partial charge in [-0.2, -0.15) is 0 Å². The van der Waals surface area contributed by atoms with Crippen LogP contribution in [0.25, 0.3) is 11.0 Å². The number of aromatic nitrogens is 1. The molecule has 96 valence electrons. The minimum absolute atomic E-state index is 0.128. The van der Waals surface area contributed by atoms with Crippen LogP contribution in [0.15, 0.2) is 53.3 Å². The van der Waals surface area contributed by atoms with Crippen LogP contribution in [0.3, 0.4) is 0 Å². The van der Waals surface area contributed by atoms with Crippen molar-refractivity contribution < 1.29 is 4.42 Å². The number of fused-ring (bicyclic) bond motifs is 1. The highest BCUT2D eigenvalue weighted by atomic mass is 35.5. The summed E-state index contributed by atoms with van der Waals surface area (Å²) in [5.74, 6) is 0. The number of aryl methyl sites for hydroxylation is 1. The lowest BCUT2D eigenvalue weighted by molar-refractivity contribution is 0.609. The molecule has 19 heavy (non-hydrogen) atoms. The zero-order valence-corrected chi connectivity index (χ0v) is 11.4. The first-order chi connectivity index (χ1) is 9.25. The summed E-state index contributed by atoms with van der Waals surface area (Å²) < 4.78 is 5.53. The molecule has 0 saturated heterocycles. The molecule has 0 N–H and O–H groups in total. The van der Waals surface area contributed by atoms with E-state index in [1.165, 1.54) is 5.56 Å². The van der Waals surface area contributed by atoms with Gasteiger partial charge < -0.3 is 4.42 Å². The van der Waals surface area contributed by atoms with Crippen molar-refractivity contribution in [1.82, 2.24) is 4.98 Å². The molecular formula is C16H14ClNO. The SMILES string of the molecule is Cc1cccnc1CC(Cl)c1coc2ccccc12. The van der Waals surface area contributed by atoms with Gasteiger partial charge in [0.1, 0.15) is 5.58 Å². The monoisotopic (exact) mass is 271 g/mol. The smallest absolute Gasteiger partial charge is 0.134 e. The van der Waals surface area contributed by atoms with Gasteiger partial charge in [-0.15, -0.1) is 11.6 Å². The van der Waals surface area contributed by atoms with E-state index >= 15 is 0 Å². The summed E-state index contributed by atoms with van der Waals surface area (Å²) in [5.41, 5.74) is 4.11. The molecule has 2 nitrogen and oxygen atoms in total. The zero-order valence-electron chi connectivity index (χ0n) is 10.6. The largest absolute Gasteiger partial charge is 0.464 e. The van der Waals surface area contributed by atoms with E-state index < -0.39 is 0 Å². The van der Waals surface area contributed by atoms with Crippen LogP contribution in [0.2, 0.25) is 0 Å². The topological polar surface area (TPSA) is 26.0 Å². The number of pyridine rings is 1. The van der Waals surface area contributed by atoms with E-state index in [4.69, 9.17) is 16.0 Å². The lowest BCUT2D eigenvalue weighted by atomic mass is 10.0. The molecule has 2 heterocycles. The predicted molar refractivity (Wildman–Crippen MR) is 77.5 cm³/mol. The van der Waals surface area contributed by atoms with Crippen molar-refractivity contribution in [3.05, 3.63) is 65.7 Å². The van der Waals surface area contributed by atoms with Crippen LogP contribution >= 0.6 is 11.6 Å². The summed E-state index contributed by atoms with van der Waals surface area (Å²) in [6.07, 6.45) is 4.26. The third kappa shape index (κ3) is 2.36. The van der Waals surface area contributed by atoms with Crippen LogP contribution in [-0.4, -0.2) is 4.98 Å². The Morgan fingerprint density at radius 3 is 2.89 bits per heavy atom. The highest BCUT2D eigenvalue weighted by Crippen LogP contribution is 2.32. The predicted octanol–water partition coefficient (Wildman–Crippen LogP) is 4.66. The second kappa shape index (κ2) is 5.06. The number of halogens is 1. The Morgan fingerprint density at radius 2 is 2.05 bits per heavy atom. The molecule has 3 heteroatoms. The third-order valence-corrected chi connectivity index (χ3v) is 3.73. The number of nitrogens with zero attached hydrogens (tertiary/aromatic N) is 1. The average Bonchev–Trinajstić information content (AvgIpc) is 2.85. The van der Waals surface area contributed by atoms with Gasteiger partial charge in [0.25, 0.3) is 0 Å². The molecule has 0 bridgehead atoms. The van der Waals surface area contributed by atoms with Crippen molar-refractivity contribution in [2.75, 3.05) is 0 Å². The Balaban J connectivity index is 1.92. The van der Waals surface area contributed by atoms with E-state index in [-0.39, 0.29) is 5.38 Å². The molecule has 1 atom stereocenters. The van der Waals surface area contributed by atoms with Gasteiger partial charge in [-0.1, -0.05) is 24.3 Å². The Hall–Kier alpha value is -1.80. The normalized spacial score (nSPS) is 12.7. The van der Waals surface area contributed by atoms with Crippen LogP contribution in [0.4, 0.5) is 0 Å². The van der Waals surface area contributed by atoms with Crippen molar-refractivity contribution in [3.8, 4) is 0 Å². The van der Waals surface area contributed by atoms with Crippen LogP contribution in [0, 0.1) is 6.92 Å². The van der Waals surface area contributed by atoms with Crippen molar-refractivity contribution in [2.45, 2.75) is 18.7 Å². The summed E-state index contributed by atoms with van der Waals surface area (Å²) in [4.78, 5) is 4.39. The lowest BCUT2D eigenvalue weighted by Crippen LogP contribution is -1.99. The molecule has 0 aliphatic rings. The van der Waals surface area contributed by atoms with E-state index in [0.717, 1.165) is 22.2 Å². The molecule has 0 aliphatic carbocycles. The summed E-state index contributed by atoms with van der Waals surface area (Å²) in [6.45, 7) is 2.05. The van der Waals surface area contributed by atoms with E-state index in [1.54, 1.807) is 12.5 Å². The van der Waals surface area contributed by atoms with E-state index in [1.807, 2.05) is 30.3 Å². The Labute approximate surface area is 117 Å². The van der Waals surface area contributed by atoms with Crippen LogP contribution in [0.5, 0.6) is 0 Å². The molecule has 1 aromatic carbocycles. The van der Waals surface area contributed by atoms with Crippen LogP contribution in [-0.2, 0) is 6.42 Å². The van der Waals surface area contributed by atoms with Gasteiger partial charge in [0.15, 0.2) is 0 Å². The van der Waals surface area contributed by atoms with Gasteiger partial charge in [-0.3, -0.25) is 4.98 Å². The van der Waals surface area contributed by atoms with Crippen LogP contribution in [0.1, 0.15) is 22.2 Å². The van der Waals surface area contributed by atoms with Gasteiger partial charge in [0.2, 0.25) is 0 Å². The molecule has 0 saturated carbocycles. The molecular weight excluding hydrogens is 258 g/mol. The second-order valence-corrected chi connectivity index (χ2v) is 5.15. The first-order valence-corrected chi connectivity index (χ1v) is 6.70. The molecule has 0 spiro atoms. The Kier molecular flexibility index (Phi) is 3.26. The van der Waals surface area contributed by atoms with E-state index in [9.17, 15) is 0 Å². The molecule has 3 aromatic rings. The molecule has 3 rings (SSSR count). The van der Waals surface area contributed by atoms with Crippen molar-refractivity contribution >= 4 is 22.6 Å². The van der Waals surface area contributed by atoms with Gasteiger partial charge in [0, 0.05) is 29.3 Å². The molecule has 0 radical (unpaired) electrons. The molecule has 0 fully saturated rings. The fourth-order valence-electron chi connectivity index (χ4n) is 2.25. The molecule has 0 aliphatic heterocycles. The number of hydrogen-bond acceptors (Lipinski definition) is 2.